The van der Waals surface area contributed by atoms with E-state index in [1.54, 1.807) is 6.07 Å². The maximum atomic E-state index is 8.72. The van der Waals surface area contributed by atoms with Gasteiger partial charge in [-0.3, -0.25) is 4.90 Å². The Balaban J connectivity index is 1.56. The second-order valence-corrected chi connectivity index (χ2v) is 5.76. The molecule has 2 aromatic heterocycles. The summed E-state index contributed by atoms with van der Waals surface area (Å²) in [4.78, 5) is 6.09. The molecule has 0 bridgehead atoms. The van der Waals surface area contributed by atoms with Gasteiger partial charge in [0.15, 0.2) is 11.5 Å². The topological polar surface area (TPSA) is 56.1 Å². The molecule has 1 fully saturated rings. The molecule has 3 heterocycles. The summed E-state index contributed by atoms with van der Waals surface area (Å²) >= 11 is 1.81. The molecule has 3 rings (SSSR count). The van der Waals surface area contributed by atoms with Crippen LogP contribution in [0.1, 0.15) is 10.6 Å². The van der Waals surface area contributed by atoms with Crippen molar-refractivity contribution in [2.75, 3.05) is 31.1 Å². The van der Waals surface area contributed by atoms with Crippen LogP contribution >= 0.6 is 11.3 Å². The van der Waals surface area contributed by atoms with E-state index in [0.29, 0.717) is 5.69 Å². The number of thiophene rings is 1. The Morgan fingerprint density at radius 3 is 2.60 bits per heavy atom. The summed E-state index contributed by atoms with van der Waals surface area (Å²) in [6.45, 7) is 4.99. The fraction of sp³-hybridized carbons (Fsp3) is 0.357. The van der Waals surface area contributed by atoms with E-state index in [-0.39, 0.29) is 0 Å². The molecule has 5 nitrogen and oxygen atoms in total. The van der Waals surface area contributed by atoms with Crippen LogP contribution in [0.5, 0.6) is 0 Å². The van der Waals surface area contributed by atoms with Crippen LogP contribution in [0.2, 0.25) is 0 Å². The van der Waals surface area contributed by atoms with E-state index in [2.05, 4.69) is 37.5 Å². The van der Waals surface area contributed by atoms with Crippen LogP contribution in [-0.4, -0.2) is 41.3 Å². The predicted octanol–water partition coefficient (Wildman–Crippen LogP) is 1.73. The van der Waals surface area contributed by atoms with E-state index in [4.69, 9.17) is 5.26 Å². The first-order chi connectivity index (χ1) is 9.85. The molecule has 0 aliphatic carbocycles. The van der Waals surface area contributed by atoms with Gasteiger partial charge < -0.3 is 4.90 Å². The van der Waals surface area contributed by atoms with Gasteiger partial charge in [-0.15, -0.1) is 21.5 Å². The Kier molecular flexibility index (Phi) is 3.90. The average molecular weight is 285 g/mol. The van der Waals surface area contributed by atoms with Gasteiger partial charge >= 0.3 is 0 Å². The number of nitriles is 1. The predicted molar refractivity (Wildman–Crippen MR) is 78.6 cm³/mol. The lowest BCUT2D eigenvalue weighted by Gasteiger charge is -2.34. The van der Waals surface area contributed by atoms with Gasteiger partial charge in [0.2, 0.25) is 0 Å². The smallest absolute Gasteiger partial charge is 0.163 e. The molecule has 0 radical (unpaired) electrons. The Hall–Kier alpha value is -1.97. The summed E-state index contributed by atoms with van der Waals surface area (Å²) in [6.07, 6.45) is 0. The highest BCUT2D eigenvalue weighted by atomic mass is 32.1. The molecule has 0 unspecified atom stereocenters. The zero-order valence-electron chi connectivity index (χ0n) is 11.1. The highest BCUT2D eigenvalue weighted by Crippen LogP contribution is 2.16. The second-order valence-electron chi connectivity index (χ2n) is 4.73. The zero-order valence-corrected chi connectivity index (χ0v) is 11.9. The van der Waals surface area contributed by atoms with Crippen molar-refractivity contribution in [1.82, 2.24) is 15.1 Å². The van der Waals surface area contributed by atoms with Gasteiger partial charge in [0.1, 0.15) is 6.07 Å². The van der Waals surface area contributed by atoms with E-state index in [1.165, 1.54) is 4.88 Å². The molecule has 0 amide bonds. The van der Waals surface area contributed by atoms with Crippen molar-refractivity contribution >= 4 is 17.2 Å². The first kappa shape index (κ1) is 13.0. The first-order valence-corrected chi connectivity index (χ1v) is 7.46. The maximum Gasteiger partial charge on any atom is 0.163 e. The minimum atomic E-state index is 0.366. The molecule has 6 heteroatoms. The summed E-state index contributed by atoms with van der Waals surface area (Å²) < 4.78 is 0. The lowest BCUT2D eigenvalue weighted by Crippen LogP contribution is -2.46. The van der Waals surface area contributed by atoms with E-state index in [1.807, 2.05) is 23.5 Å². The number of anilines is 1. The van der Waals surface area contributed by atoms with Crippen LogP contribution in [0.15, 0.2) is 29.6 Å². The first-order valence-electron chi connectivity index (χ1n) is 6.58. The highest BCUT2D eigenvalue weighted by molar-refractivity contribution is 7.09. The zero-order chi connectivity index (χ0) is 13.8. The molecule has 1 aliphatic heterocycles. The summed E-state index contributed by atoms with van der Waals surface area (Å²) in [7, 11) is 0. The monoisotopic (exact) mass is 285 g/mol. The molecular formula is C14H15N5S. The lowest BCUT2D eigenvalue weighted by molar-refractivity contribution is 0.251. The van der Waals surface area contributed by atoms with Crippen molar-refractivity contribution in [2.24, 2.45) is 0 Å². The van der Waals surface area contributed by atoms with Crippen molar-refractivity contribution in [3.05, 3.63) is 40.2 Å². The quantitative estimate of drug-likeness (QED) is 0.859. The normalized spacial score (nSPS) is 16.1. The Morgan fingerprint density at radius 2 is 2.00 bits per heavy atom. The van der Waals surface area contributed by atoms with Crippen LogP contribution in [0, 0.1) is 11.3 Å². The van der Waals surface area contributed by atoms with Gasteiger partial charge in [0.25, 0.3) is 0 Å². The van der Waals surface area contributed by atoms with Crippen molar-refractivity contribution in [2.45, 2.75) is 6.54 Å². The maximum absolute atomic E-state index is 8.72. The van der Waals surface area contributed by atoms with E-state index >= 15 is 0 Å². The third-order valence-corrected chi connectivity index (χ3v) is 4.28. The van der Waals surface area contributed by atoms with Crippen molar-refractivity contribution in [1.29, 1.82) is 5.26 Å². The molecule has 20 heavy (non-hydrogen) atoms. The standard InChI is InChI=1S/C14H15N5S/c15-10-12-3-4-14(17-16-12)19-7-5-18(6-8-19)11-13-2-1-9-20-13/h1-4,9H,5-8,11H2. The van der Waals surface area contributed by atoms with E-state index in [9.17, 15) is 0 Å². The van der Waals surface area contributed by atoms with Crippen LogP contribution < -0.4 is 4.90 Å². The van der Waals surface area contributed by atoms with Gasteiger partial charge in [-0.2, -0.15) is 5.26 Å². The van der Waals surface area contributed by atoms with Gasteiger partial charge in [0.05, 0.1) is 0 Å². The summed E-state index contributed by atoms with van der Waals surface area (Å²) in [5.41, 5.74) is 0.366. The van der Waals surface area contributed by atoms with Gasteiger partial charge in [-0.05, 0) is 23.6 Å². The average Bonchev–Trinajstić information content (AvgIpc) is 3.01. The number of nitrogens with zero attached hydrogens (tertiary/aromatic N) is 5. The number of piperazine rings is 1. The molecule has 0 aromatic carbocycles. The third kappa shape index (κ3) is 2.95. The molecule has 0 N–H and O–H groups in total. The largest absolute Gasteiger partial charge is 0.353 e. The Bertz CT molecular complexity index is 579. The number of hydrogen-bond donors (Lipinski definition) is 0. The number of rotatable bonds is 3. The van der Waals surface area contributed by atoms with E-state index < -0.39 is 0 Å². The van der Waals surface area contributed by atoms with Gasteiger partial charge in [-0.1, -0.05) is 6.07 Å². The minimum absolute atomic E-state index is 0.366. The van der Waals surface area contributed by atoms with Crippen LogP contribution in [-0.2, 0) is 6.54 Å². The van der Waals surface area contributed by atoms with Gasteiger partial charge in [-0.25, -0.2) is 0 Å². The molecule has 0 spiro atoms. The second kappa shape index (κ2) is 5.99. The highest BCUT2D eigenvalue weighted by Gasteiger charge is 2.18. The summed E-state index contributed by atoms with van der Waals surface area (Å²) in [5, 5.41) is 18.8. The molecule has 0 saturated carbocycles. The van der Waals surface area contributed by atoms with Crippen molar-refractivity contribution in [3.8, 4) is 6.07 Å². The summed E-state index contributed by atoms with van der Waals surface area (Å²) in [6, 6.07) is 9.87. The molecule has 102 valence electrons. The molecule has 2 aromatic rings. The molecule has 0 atom stereocenters. The molecular weight excluding hydrogens is 270 g/mol. The third-order valence-electron chi connectivity index (χ3n) is 3.42. The fourth-order valence-corrected chi connectivity index (χ4v) is 3.06. The number of aromatic nitrogens is 2. The minimum Gasteiger partial charge on any atom is -0.353 e. The SMILES string of the molecule is N#Cc1ccc(N2CCN(Cc3cccs3)CC2)nn1. The lowest BCUT2D eigenvalue weighted by atomic mass is 10.3. The summed E-state index contributed by atoms with van der Waals surface area (Å²) in [5.74, 6) is 0.861. The van der Waals surface area contributed by atoms with Gasteiger partial charge in [0, 0.05) is 37.6 Å². The van der Waals surface area contributed by atoms with E-state index in [0.717, 1.165) is 38.5 Å². The molecule has 1 saturated heterocycles. The Labute approximate surface area is 122 Å². The fourth-order valence-electron chi connectivity index (χ4n) is 2.31. The molecule has 1 aliphatic rings. The van der Waals surface area contributed by atoms with Crippen LogP contribution in [0.25, 0.3) is 0 Å². The van der Waals surface area contributed by atoms with Crippen molar-refractivity contribution < 1.29 is 0 Å². The van der Waals surface area contributed by atoms with Crippen LogP contribution in [0.3, 0.4) is 0 Å². The van der Waals surface area contributed by atoms with Crippen LogP contribution in [0.4, 0.5) is 5.82 Å². The number of hydrogen-bond acceptors (Lipinski definition) is 6. The van der Waals surface area contributed by atoms with Crippen molar-refractivity contribution in [3.63, 3.8) is 0 Å². The Morgan fingerprint density at radius 1 is 1.15 bits per heavy atom.